The van der Waals surface area contributed by atoms with Gasteiger partial charge in [-0.3, -0.25) is 9.59 Å². The summed E-state index contributed by atoms with van der Waals surface area (Å²) < 4.78 is 5.31. The lowest BCUT2D eigenvalue weighted by molar-refractivity contribution is -0.123. The van der Waals surface area contributed by atoms with E-state index in [1.807, 2.05) is 24.3 Å². The van der Waals surface area contributed by atoms with Gasteiger partial charge in [-0.05, 0) is 24.3 Å². The van der Waals surface area contributed by atoms with E-state index in [-0.39, 0.29) is 24.9 Å². The molecular formula is C14H20N4O3. The maximum Gasteiger partial charge on any atom is 0.243 e. The fourth-order valence-electron chi connectivity index (χ4n) is 2.03. The molecule has 1 aliphatic rings. The quantitative estimate of drug-likeness (QED) is 0.682. The molecular weight excluding hydrogens is 272 g/mol. The Kier molecular flexibility index (Phi) is 5.53. The van der Waals surface area contributed by atoms with Gasteiger partial charge in [0.1, 0.15) is 0 Å². The number of ether oxygens (including phenoxy) is 1. The Bertz CT molecular complexity index is 483. The molecule has 7 nitrogen and oxygen atoms in total. The maximum absolute atomic E-state index is 11.6. The molecule has 1 aromatic rings. The molecule has 1 fully saturated rings. The molecule has 2 amide bonds. The van der Waals surface area contributed by atoms with Gasteiger partial charge in [0.15, 0.2) is 0 Å². The standard InChI is InChI=1S/C14H20N4O3/c15-9-13(19)16-10-14(20)17-11-1-3-12(4-2-11)18-5-7-21-8-6-18/h1-4H,5-10,15H2,(H,16,19)(H,17,20). The van der Waals surface area contributed by atoms with Gasteiger partial charge in [0.05, 0.1) is 26.3 Å². The third-order valence-corrected chi connectivity index (χ3v) is 3.16. The third-order valence-electron chi connectivity index (χ3n) is 3.16. The van der Waals surface area contributed by atoms with Gasteiger partial charge in [0, 0.05) is 24.5 Å². The number of benzene rings is 1. The van der Waals surface area contributed by atoms with Crippen LogP contribution in [0.5, 0.6) is 0 Å². The lowest BCUT2D eigenvalue weighted by Gasteiger charge is -2.28. The van der Waals surface area contributed by atoms with E-state index in [1.54, 1.807) is 0 Å². The number of carbonyl (C=O) groups is 2. The number of morpholine rings is 1. The summed E-state index contributed by atoms with van der Waals surface area (Å²) >= 11 is 0. The van der Waals surface area contributed by atoms with Crippen LogP contribution in [0.1, 0.15) is 0 Å². The van der Waals surface area contributed by atoms with Gasteiger partial charge in [0.2, 0.25) is 11.8 Å². The number of nitrogens with one attached hydrogen (secondary N) is 2. The van der Waals surface area contributed by atoms with E-state index in [2.05, 4.69) is 15.5 Å². The molecule has 0 aliphatic carbocycles. The van der Waals surface area contributed by atoms with E-state index >= 15 is 0 Å². The van der Waals surface area contributed by atoms with Crippen molar-refractivity contribution in [3.05, 3.63) is 24.3 Å². The predicted octanol–water partition coefficient (Wildman–Crippen LogP) is -0.463. The first kappa shape index (κ1) is 15.3. The monoisotopic (exact) mass is 292 g/mol. The van der Waals surface area contributed by atoms with Crippen LogP contribution < -0.4 is 21.3 Å². The Hall–Kier alpha value is -2.12. The van der Waals surface area contributed by atoms with Crippen molar-refractivity contribution < 1.29 is 14.3 Å². The van der Waals surface area contributed by atoms with Gasteiger partial charge in [-0.1, -0.05) is 0 Å². The number of carbonyl (C=O) groups excluding carboxylic acids is 2. The SMILES string of the molecule is NCC(=O)NCC(=O)Nc1ccc(N2CCOCC2)cc1. The van der Waals surface area contributed by atoms with Crippen LogP contribution in [0.3, 0.4) is 0 Å². The minimum Gasteiger partial charge on any atom is -0.378 e. The summed E-state index contributed by atoms with van der Waals surface area (Å²) in [5.41, 5.74) is 6.94. The molecule has 0 spiro atoms. The summed E-state index contributed by atoms with van der Waals surface area (Å²) in [6, 6.07) is 7.60. The van der Waals surface area contributed by atoms with Crippen molar-refractivity contribution in [2.45, 2.75) is 0 Å². The van der Waals surface area contributed by atoms with Crippen molar-refractivity contribution in [3.8, 4) is 0 Å². The average Bonchev–Trinajstić information content (AvgIpc) is 2.54. The Morgan fingerprint density at radius 2 is 1.81 bits per heavy atom. The van der Waals surface area contributed by atoms with Crippen molar-refractivity contribution in [1.29, 1.82) is 0 Å². The van der Waals surface area contributed by atoms with Gasteiger partial charge >= 0.3 is 0 Å². The minimum atomic E-state index is -0.354. The Labute approximate surface area is 123 Å². The van der Waals surface area contributed by atoms with Crippen LogP contribution >= 0.6 is 0 Å². The molecule has 1 aliphatic heterocycles. The van der Waals surface area contributed by atoms with Gasteiger partial charge in [-0.15, -0.1) is 0 Å². The molecule has 1 saturated heterocycles. The summed E-state index contributed by atoms with van der Waals surface area (Å²) in [5, 5.41) is 5.13. The normalized spacial score (nSPS) is 14.6. The number of amides is 2. The van der Waals surface area contributed by atoms with Gasteiger partial charge < -0.3 is 26.0 Å². The second kappa shape index (κ2) is 7.61. The van der Waals surface area contributed by atoms with E-state index in [1.165, 1.54) is 0 Å². The van der Waals surface area contributed by atoms with Gasteiger partial charge in [-0.25, -0.2) is 0 Å². The van der Waals surface area contributed by atoms with E-state index in [0.29, 0.717) is 5.69 Å². The van der Waals surface area contributed by atoms with Gasteiger partial charge in [0.25, 0.3) is 0 Å². The second-order valence-electron chi connectivity index (χ2n) is 4.68. The van der Waals surface area contributed by atoms with E-state index in [9.17, 15) is 9.59 Å². The highest BCUT2D eigenvalue weighted by atomic mass is 16.5. The summed E-state index contributed by atoms with van der Waals surface area (Å²) in [5.74, 6) is -0.635. The van der Waals surface area contributed by atoms with Crippen LogP contribution in [-0.4, -0.2) is 51.2 Å². The summed E-state index contributed by atoms with van der Waals surface area (Å²) in [4.78, 5) is 24.8. The molecule has 0 bridgehead atoms. The molecule has 1 aromatic carbocycles. The van der Waals surface area contributed by atoms with Crippen LogP contribution in [0.4, 0.5) is 11.4 Å². The lowest BCUT2D eigenvalue weighted by Crippen LogP contribution is -2.36. The molecule has 0 aromatic heterocycles. The fraction of sp³-hybridized carbons (Fsp3) is 0.429. The highest BCUT2D eigenvalue weighted by molar-refractivity contribution is 5.94. The first-order valence-corrected chi connectivity index (χ1v) is 6.88. The molecule has 0 atom stereocenters. The van der Waals surface area contributed by atoms with Crippen molar-refractivity contribution in [3.63, 3.8) is 0 Å². The van der Waals surface area contributed by atoms with Gasteiger partial charge in [-0.2, -0.15) is 0 Å². The van der Waals surface area contributed by atoms with E-state index in [0.717, 1.165) is 32.0 Å². The largest absolute Gasteiger partial charge is 0.378 e. The minimum absolute atomic E-state index is 0.0821. The number of rotatable bonds is 5. The summed E-state index contributed by atoms with van der Waals surface area (Å²) in [6.45, 7) is 3.01. The molecule has 21 heavy (non-hydrogen) atoms. The average molecular weight is 292 g/mol. The number of nitrogens with zero attached hydrogens (tertiary/aromatic N) is 1. The molecule has 1 heterocycles. The second-order valence-corrected chi connectivity index (χ2v) is 4.68. The van der Waals surface area contributed by atoms with Crippen LogP contribution in [0, 0.1) is 0 Å². The summed E-state index contributed by atoms with van der Waals surface area (Å²) in [7, 11) is 0. The Balaban J connectivity index is 1.84. The third kappa shape index (κ3) is 4.73. The molecule has 0 saturated carbocycles. The lowest BCUT2D eigenvalue weighted by atomic mass is 10.2. The molecule has 114 valence electrons. The molecule has 4 N–H and O–H groups in total. The zero-order valence-electron chi connectivity index (χ0n) is 11.8. The van der Waals surface area contributed by atoms with Crippen molar-refractivity contribution in [2.24, 2.45) is 5.73 Å². The molecule has 7 heteroatoms. The Morgan fingerprint density at radius 1 is 1.14 bits per heavy atom. The topological polar surface area (TPSA) is 96.7 Å². The van der Waals surface area contributed by atoms with Crippen LogP contribution in [0.15, 0.2) is 24.3 Å². The number of hydrogen-bond acceptors (Lipinski definition) is 5. The molecule has 2 rings (SSSR count). The van der Waals surface area contributed by atoms with Crippen molar-refractivity contribution >= 4 is 23.2 Å². The van der Waals surface area contributed by atoms with Crippen molar-refractivity contribution in [1.82, 2.24) is 5.32 Å². The van der Waals surface area contributed by atoms with E-state index < -0.39 is 0 Å². The smallest absolute Gasteiger partial charge is 0.243 e. The van der Waals surface area contributed by atoms with E-state index in [4.69, 9.17) is 10.5 Å². The highest BCUT2D eigenvalue weighted by Crippen LogP contribution is 2.18. The zero-order valence-corrected chi connectivity index (χ0v) is 11.8. The predicted molar refractivity (Wildman–Crippen MR) is 80.2 cm³/mol. The number of hydrogen-bond donors (Lipinski definition) is 3. The molecule has 0 radical (unpaired) electrons. The number of nitrogens with two attached hydrogens (primary N) is 1. The maximum atomic E-state index is 11.6. The molecule has 0 unspecified atom stereocenters. The van der Waals surface area contributed by atoms with Crippen LogP contribution in [0.2, 0.25) is 0 Å². The first-order valence-electron chi connectivity index (χ1n) is 6.88. The van der Waals surface area contributed by atoms with Crippen molar-refractivity contribution in [2.75, 3.05) is 49.6 Å². The highest BCUT2D eigenvalue weighted by Gasteiger charge is 2.11. The fourth-order valence-corrected chi connectivity index (χ4v) is 2.03. The number of anilines is 2. The van der Waals surface area contributed by atoms with Crippen LogP contribution in [-0.2, 0) is 14.3 Å². The Morgan fingerprint density at radius 3 is 2.43 bits per heavy atom. The zero-order chi connectivity index (χ0) is 15.1. The van der Waals surface area contributed by atoms with Crippen LogP contribution in [0.25, 0.3) is 0 Å². The first-order chi connectivity index (χ1) is 10.2. The summed E-state index contributed by atoms with van der Waals surface area (Å²) in [6.07, 6.45) is 0.